The molecular weight excluding hydrogens is 841 g/mol. The van der Waals surface area contributed by atoms with Crippen LogP contribution in [0, 0.1) is 0 Å². The Hall–Kier alpha value is -2.11. The van der Waals surface area contributed by atoms with Crippen molar-refractivity contribution in [3.63, 3.8) is 0 Å². The largest absolute Gasteiger partial charge is 0.462 e. The lowest BCUT2D eigenvalue weighted by molar-refractivity contribution is -0.167. The van der Waals surface area contributed by atoms with Crippen LogP contribution in [0.25, 0.3) is 0 Å². The van der Waals surface area contributed by atoms with Gasteiger partial charge >= 0.3 is 17.9 Å². The standard InChI is InChI=1S/C62H116O6/c1-4-7-10-13-16-19-22-25-28-30-31-33-34-37-40-43-46-49-52-55-61(64)67-58-59(57-66-60(63)54-51-48-45-42-39-36-27-24-21-18-15-12-9-6-3)68-62(65)56-53-50-47-44-41-38-35-32-29-26-23-20-17-14-11-8-5-2/h24,26-27,29,59H,4-23,25,28,30-58H2,1-3H3/b27-24-,29-26-. The number of carbonyl (C=O) groups is 3. The summed E-state index contributed by atoms with van der Waals surface area (Å²) < 4.78 is 16.9. The Labute approximate surface area is 423 Å². The molecule has 0 aromatic rings. The maximum Gasteiger partial charge on any atom is 0.306 e. The van der Waals surface area contributed by atoms with Gasteiger partial charge in [0.25, 0.3) is 0 Å². The average Bonchev–Trinajstić information content (AvgIpc) is 3.34. The van der Waals surface area contributed by atoms with Crippen LogP contribution in [0.2, 0.25) is 0 Å². The average molecular weight is 958 g/mol. The molecule has 1 unspecified atom stereocenters. The van der Waals surface area contributed by atoms with Gasteiger partial charge in [-0.1, -0.05) is 270 Å². The van der Waals surface area contributed by atoms with Gasteiger partial charge < -0.3 is 14.2 Å². The van der Waals surface area contributed by atoms with E-state index in [0.717, 1.165) is 64.2 Å². The highest BCUT2D eigenvalue weighted by atomic mass is 16.6. The highest BCUT2D eigenvalue weighted by Gasteiger charge is 2.19. The van der Waals surface area contributed by atoms with Crippen LogP contribution in [0.5, 0.6) is 0 Å². The first-order valence-electron chi connectivity index (χ1n) is 30.3. The molecule has 0 aliphatic heterocycles. The van der Waals surface area contributed by atoms with Gasteiger partial charge in [-0.15, -0.1) is 0 Å². The van der Waals surface area contributed by atoms with Gasteiger partial charge in [0.2, 0.25) is 0 Å². The van der Waals surface area contributed by atoms with Gasteiger partial charge in [0.15, 0.2) is 6.10 Å². The van der Waals surface area contributed by atoms with Crippen LogP contribution in [-0.2, 0) is 28.6 Å². The topological polar surface area (TPSA) is 78.9 Å². The summed E-state index contributed by atoms with van der Waals surface area (Å²) in [6, 6.07) is 0. The monoisotopic (exact) mass is 957 g/mol. The van der Waals surface area contributed by atoms with Gasteiger partial charge in [-0.2, -0.15) is 0 Å². The lowest BCUT2D eigenvalue weighted by Crippen LogP contribution is -2.30. The van der Waals surface area contributed by atoms with Crippen molar-refractivity contribution in [2.75, 3.05) is 13.2 Å². The molecule has 0 N–H and O–H groups in total. The molecule has 0 heterocycles. The van der Waals surface area contributed by atoms with Crippen LogP contribution in [0.1, 0.15) is 335 Å². The van der Waals surface area contributed by atoms with Gasteiger partial charge in [0.05, 0.1) is 0 Å². The number of esters is 3. The molecule has 0 rings (SSSR count). The molecule has 6 nitrogen and oxygen atoms in total. The summed E-state index contributed by atoms with van der Waals surface area (Å²) in [4.78, 5) is 38.2. The van der Waals surface area contributed by atoms with Crippen LogP contribution in [0.15, 0.2) is 24.3 Å². The minimum absolute atomic E-state index is 0.0709. The molecule has 0 saturated heterocycles. The molecule has 400 valence electrons. The van der Waals surface area contributed by atoms with Gasteiger partial charge in [-0.05, 0) is 70.6 Å². The number of hydrogen-bond donors (Lipinski definition) is 0. The Balaban J connectivity index is 4.32. The number of allylic oxidation sites excluding steroid dienone is 4. The molecule has 0 bridgehead atoms. The fraction of sp³-hybridized carbons (Fsp3) is 0.887. The third kappa shape index (κ3) is 54.8. The van der Waals surface area contributed by atoms with E-state index in [2.05, 4.69) is 45.1 Å². The predicted molar refractivity (Wildman–Crippen MR) is 293 cm³/mol. The number of carbonyl (C=O) groups excluding carboxylic acids is 3. The molecule has 0 aromatic heterocycles. The van der Waals surface area contributed by atoms with Crippen LogP contribution in [0.3, 0.4) is 0 Å². The van der Waals surface area contributed by atoms with Crippen molar-refractivity contribution in [1.82, 2.24) is 0 Å². The normalized spacial score (nSPS) is 12.1. The summed E-state index contributed by atoms with van der Waals surface area (Å²) in [6.07, 6.45) is 67.4. The lowest BCUT2D eigenvalue weighted by Gasteiger charge is -2.18. The van der Waals surface area contributed by atoms with Gasteiger partial charge in [0, 0.05) is 19.3 Å². The van der Waals surface area contributed by atoms with E-state index in [1.807, 2.05) is 0 Å². The van der Waals surface area contributed by atoms with E-state index in [0.29, 0.717) is 19.3 Å². The van der Waals surface area contributed by atoms with Crippen molar-refractivity contribution in [2.24, 2.45) is 0 Å². The van der Waals surface area contributed by atoms with E-state index in [-0.39, 0.29) is 31.1 Å². The first-order valence-corrected chi connectivity index (χ1v) is 30.3. The second-order valence-corrected chi connectivity index (χ2v) is 20.6. The quantitative estimate of drug-likeness (QED) is 0.0262. The second kappa shape index (κ2) is 57.5. The van der Waals surface area contributed by atoms with Crippen molar-refractivity contribution in [1.29, 1.82) is 0 Å². The zero-order valence-corrected chi connectivity index (χ0v) is 45.9. The van der Waals surface area contributed by atoms with Crippen molar-refractivity contribution in [2.45, 2.75) is 341 Å². The van der Waals surface area contributed by atoms with E-state index in [4.69, 9.17) is 14.2 Å². The first kappa shape index (κ1) is 65.9. The zero-order valence-electron chi connectivity index (χ0n) is 45.9. The highest BCUT2D eigenvalue weighted by molar-refractivity contribution is 5.71. The molecule has 0 spiro atoms. The molecule has 0 fully saturated rings. The van der Waals surface area contributed by atoms with Crippen molar-refractivity contribution >= 4 is 17.9 Å². The summed E-state index contributed by atoms with van der Waals surface area (Å²) in [5, 5.41) is 0. The van der Waals surface area contributed by atoms with Crippen molar-refractivity contribution in [3.8, 4) is 0 Å². The summed E-state index contributed by atoms with van der Waals surface area (Å²) >= 11 is 0. The summed E-state index contributed by atoms with van der Waals surface area (Å²) in [5.74, 6) is -0.862. The smallest absolute Gasteiger partial charge is 0.306 e. The molecule has 0 aromatic carbocycles. The van der Waals surface area contributed by atoms with Crippen LogP contribution in [0.4, 0.5) is 0 Å². The van der Waals surface area contributed by atoms with E-state index < -0.39 is 6.10 Å². The maximum absolute atomic E-state index is 12.9. The Bertz CT molecular complexity index is 1100. The molecular formula is C62H116O6. The van der Waals surface area contributed by atoms with Crippen LogP contribution < -0.4 is 0 Å². The summed E-state index contributed by atoms with van der Waals surface area (Å²) in [7, 11) is 0. The van der Waals surface area contributed by atoms with E-state index in [1.54, 1.807) is 0 Å². The molecule has 0 amide bonds. The first-order chi connectivity index (χ1) is 33.5. The summed E-state index contributed by atoms with van der Waals surface area (Å²) in [5.41, 5.74) is 0. The molecule has 0 saturated carbocycles. The Morgan fingerprint density at radius 3 is 0.735 bits per heavy atom. The Morgan fingerprint density at radius 1 is 0.279 bits per heavy atom. The van der Waals surface area contributed by atoms with Gasteiger partial charge in [0.1, 0.15) is 13.2 Å². The number of rotatable bonds is 56. The Morgan fingerprint density at radius 2 is 0.485 bits per heavy atom. The van der Waals surface area contributed by atoms with Crippen molar-refractivity contribution < 1.29 is 28.6 Å². The zero-order chi connectivity index (χ0) is 49.3. The van der Waals surface area contributed by atoms with E-state index in [1.165, 1.54) is 231 Å². The fourth-order valence-electron chi connectivity index (χ4n) is 9.08. The number of hydrogen-bond acceptors (Lipinski definition) is 6. The van der Waals surface area contributed by atoms with E-state index >= 15 is 0 Å². The SMILES string of the molecule is CCCCCCC/C=C\CCCCCCCC(=O)OCC(COC(=O)CCCCCCCCCCCCCCCCCCCCC)OC(=O)CCCCCCCCC/C=C\CCCCCCCC. The van der Waals surface area contributed by atoms with E-state index in [9.17, 15) is 14.4 Å². The molecule has 0 aliphatic carbocycles. The van der Waals surface area contributed by atoms with Crippen LogP contribution >= 0.6 is 0 Å². The third-order valence-electron chi connectivity index (χ3n) is 13.7. The van der Waals surface area contributed by atoms with Gasteiger partial charge in [-0.3, -0.25) is 14.4 Å². The molecule has 0 radical (unpaired) electrons. The second-order valence-electron chi connectivity index (χ2n) is 20.6. The third-order valence-corrected chi connectivity index (χ3v) is 13.7. The molecule has 68 heavy (non-hydrogen) atoms. The highest BCUT2D eigenvalue weighted by Crippen LogP contribution is 2.17. The Kier molecular flexibility index (Phi) is 55.7. The molecule has 6 heteroatoms. The lowest BCUT2D eigenvalue weighted by atomic mass is 10.0. The van der Waals surface area contributed by atoms with Gasteiger partial charge in [-0.25, -0.2) is 0 Å². The number of ether oxygens (including phenoxy) is 3. The predicted octanol–water partition coefficient (Wildman–Crippen LogP) is 20.3. The molecule has 1 atom stereocenters. The van der Waals surface area contributed by atoms with Crippen molar-refractivity contribution in [3.05, 3.63) is 24.3 Å². The minimum atomic E-state index is -0.773. The summed E-state index contributed by atoms with van der Waals surface area (Å²) in [6.45, 7) is 6.67. The van der Waals surface area contributed by atoms with Crippen LogP contribution in [-0.4, -0.2) is 37.2 Å². The molecule has 0 aliphatic rings. The maximum atomic E-state index is 12.9. The minimum Gasteiger partial charge on any atom is -0.462 e. The fourth-order valence-corrected chi connectivity index (χ4v) is 9.08. The number of unbranched alkanes of at least 4 members (excludes halogenated alkanes) is 41.